The molecule has 1 aromatic carbocycles. The molecule has 0 fully saturated rings. The maximum absolute atomic E-state index is 13.8. The van der Waals surface area contributed by atoms with Crippen molar-refractivity contribution in [1.29, 1.82) is 0 Å². The molecule has 0 saturated carbocycles. The van der Waals surface area contributed by atoms with Crippen LogP contribution in [0.2, 0.25) is 0 Å². The van der Waals surface area contributed by atoms with Crippen molar-refractivity contribution in [2.75, 3.05) is 33.0 Å². The standard InChI is InChI=1S/C31H36N2O8/c1-5-10-37-11-12-38-13-14-39-30(36)41-31(7-3)24-16-26-27-22(17-33(26)28(34)23(24)18-40-29(31)35)20(6-2)21-15-19(4)8-9-25(21)32-27/h8-9,15-16H,5-7,10-14,17-18H2,1-4H3/t31-/m0/s1. The topological polar surface area (TPSA) is 115 Å². The van der Waals surface area contributed by atoms with E-state index in [0.717, 1.165) is 40.4 Å². The zero-order valence-corrected chi connectivity index (χ0v) is 24.0. The van der Waals surface area contributed by atoms with Gasteiger partial charge in [-0.15, -0.1) is 0 Å². The van der Waals surface area contributed by atoms with E-state index in [9.17, 15) is 14.4 Å². The zero-order valence-electron chi connectivity index (χ0n) is 24.0. The predicted molar refractivity (Wildman–Crippen MR) is 151 cm³/mol. The summed E-state index contributed by atoms with van der Waals surface area (Å²) < 4.78 is 28.7. The fourth-order valence-electron chi connectivity index (χ4n) is 5.66. The van der Waals surface area contributed by atoms with Gasteiger partial charge in [-0.3, -0.25) is 4.79 Å². The van der Waals surface area contributed by atoms with E-state index in [1.54, 1.807) is 17.6 Å². The Morgan fingerprint density at radius 2 is 1.78 bits per heavy atom. The maximum Gasteiger partial charge on any atom is 0.509 e. The molecule has 0 saturated heterocycles. The van der Waals surface area contributed by atoms with Crippen molar-refractivity contribution < 1.29 is 33.3 Å². The van der Waals surface area contributed by atoms with Crippen LogP contribution in [0.25, 0.3) is 22.3 Å². The average molecular weight is 565 g/mol. The molecule has 0 radical (unpaired) electrons. The first-order valence-electron chi connectivity index (χ1n) is 14.2. The van der Waals surface area contributed by atoms with E-state index in [4.69, 9.17) is 28.7 Å². The molecule has 0 bridgehead atoms. The fraction of sp³-hybridized carbons (Fsp3) is 0.484. The lowest BCUT2D eigenvalue weighted by atomic mass is 9.85. The first-order chi connectivity index (χ1) is 19.8. The SMILES string of the molecule is CCCOCCOCCOC(=O)O[C@]1(CC)C(=O)OCc2c1cc1n(c2=O)Cc2c-1nc1ccc(C)cc1c2CC. The summed E-state index contributed by atoms with van der Waals surface area (Å²) in [5.74, 6) is -0.743. The molecule has 41 heavy (non-hydrogen) atoms. The number of nitrogens with zero attached hydrogens (tertiary/aromatic N) is 2. The minimum absolute atomic E-state index is 0.0551. The van der Waals surface area contributed by atoms with Gasteiger partial charge in [-0.25, -0.2) is 14.6 Å². The van der Waals surface area contributed by atoms with Gasteiger partial charge in [-0.1, -0.05) is 32.4 Å². The van der Waals surface area contributed by atoms with Crippen LogP contribution >= 0.6 is 0 Å². The summed E-state index contributed by atoms with van der Waals surface area (Å²) in [6.45, 7) is 9.59. The zero-order chi connectivity index (χ0) is 29.1. The number of rotatable bonds is 11. The molecular weight excluding hydrogens is 528 g/mol. The highest BCUT2D eigenvalue weighted by atomic mass is 16.7. The van der Waals surface area contributed by atoms with E-state index in [0.29, 0.717) is 43.3 Å². The highest BCUT2D eigenvalue weighted by Crippen LogP contribution is 2.42. The van der Waals surface area contributed by atoms with Gasteiger partial charge in [0.25, 0.3) is 5.56 Å². The van der Waals surface area contributed by atoms with Gasteiger partial charge < -0.3 is 28.3 Å². The number of aryl methyl sites for hydroxylation is 2. The molecule has 5 rings (SSSR count). The molecule has 3 aromatic rings. The first-order valence-corrected chi connectivity index (χ1v) is 14.2. The second-order valence-electron chi connectivity index (χ2n) is 10.3. The quantitative estimate of drug-likeness (QED) is 0.191. The number of esters is 1. The molecule has 0 unspecified atom stereocenters. The Labute approximate surface area is 238 Å². The number of hydrogen-bond acceptors (Lipinski definition) is 9. The van der Waals surface area contributed by atoms with Gasteiger partial charge in [-0.2, -0.15) is 0 Å². The Morgan fingerprint density at radius 3 is 2.51 bits per heavy atom. The minimum atomic E-state index is -1.82. The summed E-state index contributed by atoms with van der Waals surface area (Å²) in [4.78, 5) is 44.7. The molecule has 0 spiro atoms. The molecule has 10 heteroatoms. The number of benzene rings is 1. The Balaban J connectivity index is 1.45. The second kappa shape index (κ2) is 12.0. The minimum Gasteiger partial charge on any atom is -0.457 e. The number of cyclic esters (lactones) is 1. The number of pyridine rings is 2. The molecule has 0 amide bonds. The van der Waals surface area contributed by atoms with Crippen LogP contribution in [-0.2, 0) is 53.7 Å². The van der Waals surface area contributed by atoms with E-state index in [2.05, 4.69) is 13.0 Å². The summed E-state index contributed by atoms with van der Waals surface area (Å²) in [5.41, 5.74) is 3.87. The first kappa shape index (κ1) is 28.8. The van der Waals surface area contributed by atoms with Gasteiger partial charge in [-0.05, 0) is 49.9 Å². The highest BCUT2D eigenvalue weighted by molar-refractivity contribution is 5.90. The van der Waals surface area contributed by atoms with Gasteiger partial charge in [0.1, 0.15) is 13.2 Å². The molecule has 4 heterocycles. The van der Waals surface area contributed by atoms with E-state index in [1.165, 1.54) is 0 Å². The summed E-state index contributed by atoms with van der Waals surface area (Å²) in [7, 11) is 0. The van der Waals surface area contributed by atoms with Crippen LogP contribution in [-0.4, -0.2) is 54.7 Å². The van der Waals surface area contributed by atoms with Crippen molar-refractivity contribution in [3.63, 3.8) is 0 Å². The predicted octanol–water partition coefficient (Wildman–Crippen LogP) is 4.55. The van der Waals surface area contributed by atoms with E-state index in [1.807, 2.05) is 26.0 Å². The molecule has 0 aliphatic carbocycles. The summed E-state index contributed by atoms with van der Waals surface area (Å²) in [6.07, 6.45) is 0.711. The molecule has 10 nitrogen and oxygen atoms in total. The lowest BCUT2D eigenvalue weighted by molar-refractivity contribution is -0.175. The van der Waals surface area contributed by atoms with Crippen LogP contribution in [0.1, 0.15) is 61.4 Å². The molecule has 218 valence electrons. The molecule has 2 aliphatic rings. The van der Waals surface area contributed by atoms with E-state index < -0.39 is 17.7 Å². The number of carbonyl (C=O) groups excluding carboxylic acids is 2. The monoisotopic (exact) mass is 564 g/mol. The van der Waals surface area contributed by atoms with Crippen LogP contribution in [0.4, 0.5) is 4.79 Å². The van der Waals surface area contributed by atoms with Gasteiger partial charge in [0.2, 0.25) is 5.60 Å². The smallest absolute Gasteiger partial charge is 0.457 e. The summed E-state index contributed by atoms with van der Waals surface area (Å²) in [5, 5.41) is 1.07. The van der Waals surface area contributed by atoms with Crippen molar-refractivity contribution in [2.45, 2.75) is 65.7 Å². The van der Waals surface area contributed by atoms with E-state index in [-0.39, 0.29) is 37.4 Å². The van der Waals surface area contributed by atoms with Crippen molar-refractivity contribution in [1.82, 2.24) is 9.55 Å². The van der Waals surface area contributed by atoms with Crippen molar-refractivity contribution in [3.8, 4) is 11.4 Å². The number of carbonyl (C=O) groups is 2. The number of ether oxygens (including phenoxy) is 5. The molecular formula is C31H36N2O8. The third-order valence-electron chi connectivity index (χ3n) is 7.71. The van der Waals surface area contributed by atoms with E-state index >= 15 is 0 Å². The van der Waals surface area contributed by atoms with Gasteiger partial charge in [0.15, 0.2) is 0 Å². The normalized spacial score (nSPS) is 17.1. The second-order valence-corrected chi connectivity index (χ2v) is 10.3. The van der Waals surface area contributed by atoms with Crippen molar-refractivity contribution in [2.24, 2.45) is 0 Å². The third-order valence-corrected chi connectivity index (χ3v) is 7.71. The van der Waals surface area contributed by atoms with Gasteiger partial charge in [0.05, 0.1) is 48.8 Å². The largest absolute Gasteiger partial charge is 0.509 e. The lowest BCUT2D eigenvalue weighted by Crippen LogP contribution is -2.47. The van der Waals surface area contributed by atoms with Gasteiger partial charge >= 0.3 is 12.1 Å². The van der Waals surface area contributed by atoms with Crippen LogP contribution in [0.15, 0.2) is 29.1 Å². The molecule has 1 atom stereocenters. The number of fused-ring (bicyclic) bond motifs is 5. The fourth-order valence-corrected chi connectivity index (χ4v) is 5.66. The van der Waals surface area contributed by atoms with Crippen molar-refractivity contribution in [3.05, 3.63) is 62.4 Å². The number of aromatic nitrogens is 2. The highest BCUT2D eigenvalue weighted by Gasteiger charge is 2.51. The Morgan fingerprint density at radius 1 is 1.02 bits per heavy atom. The van der Waals surface area contributed by atoms with Crippen LogP contribution in [0.5, 0.6) is 0 Å². The maximum atomic E-state index is 13.8. The molecule has 2 aliphatic heterocycles. The lowest BCUT2D eigenvalue weighted by Gasteiger charge is -2.35. The van der Waals surface area contributed by atoms with Gasteiger partial charge in [0, 0.05) is 23.1 Å². The Hall–Kier alpha value is -3.76. The summed E-state index contributed by atoms with van der Waals surface area (Å²) >= 11 is 0. The van der Waals surface area contributed by atoms with Crippen LogP contribution < -0.4 is 5.56 Å². The van der Waals surface area contributed by atoms with Crippen LogP contribution in [0, 0.1) is 6.92 Å². The number of hydrogen-bond donors (Lipinski definition) is 0. The molecule has 2 aromatic heterocycles. The third kappa shape index (κ3) is 5.22. The molecule has 0 N–H and O–H groups in total. The average Bonchev–Trinajstić information content (AvgIpc) is 3.33. The van der Waals surface area contributed by atoms with Crippen LogP contribution in [0.3, 0.4) is 0 Å². The van der Waals surface area contributed by atoms with Crippen molar-refractivity contribution >= 4 is 23.0 Å². The Bertz CT molecular complexity index is 1550. The Kier molecular flexibility index (Phi) is 8.42. The summed E-state index contributed by atoms with van der Waals surface area (Å²) in [6, 6.07) is 7.88.